The fourth-order valence-corrected chi connectivity index (χ4v) is 3.64. The fraction of sp³-hybridized carbons (Fsp3) is 0.391. The van der Waals surface area contributed by atoms with Crippen LogP contribution in [0.5, 0.6) is 0 Å². The minimum absolute atomic E-state index is 0.226. The average molecular weight is 425 g/mol. The molecule has 3 aromatic heterocycles. The van der Waals surface area contributed by atoms with Gasteiger partial charge in [-0.25, -0.2) is 9.37 Å². The van der Waals surface area contributed by atoms with Crippen LogP contribution in [0.1, 0.15) is 44.9 Å². The first-order valence-corrected chi connectivity index (χ1v) is 10.3. The van der Waals surface area contributed by atoms with Crippen LogP contribution in [-0.4, -0.2) is 31.7 Å². The predicted octanol–water partition coefficient (Wildman–Crippen LogP) is 3.43. The highest BCUT2D eigenvalue weighted by Gasteiger charge is 2.43. The molecule has 2 N–H and O–H groups in total. The van der Waals surface area contributed by atoms with E-state index in [9.17, 15) is 19.1 Å². The van der Waals surface area contributed by atoms with Gasteiger partial charge >= 0.3 is 0 Å². The highest BCUT2D eigenvalue weighted by molar-refractivity contribution is 5.95. The molecule has 162 valence electrons. The van der Waals surface area contributed by atoms with E-state index in [0.29, 0.717) is 28.5 Å². The van der Waals surface area contributed by atoms with Crippen molar-refractivity contribution in [3.05, 3.63) is 52.2 Å². The summed E-state index contributed by atoms with van der Waals surface area (Å²) in [5.41, 5.74) is 2.28. The number of aliphatic hydroxyl groups is 1. The summed E-state index contributed by atoms with van der Waals surface area (Å²) in [5.74, 6) is -0.779. The number of alkyl halides is 1. The number of nitrogens with one attached hydrogen (secondary N) is 1. The minimum Gasteiger partial charge on any atom is -0.387 e. The summed E-state index contributed by atoms with van der Waals surface area (Å²) >= 11 is 0. The van der Waals surface area contributed by atoms with Gasteiger partial charge < -0.3 is 15.0 Å². The Hall–Kier alpha value is -3.13. The molecule has 0 bridgehead atoms. The van der Waals surface area contributed by atoms with Gasteiger partial charge in [-0.2, -0.15) is 0 Å². The van der Waals surface area contributed by atoms with Gasteiger partial charge in [-0.3, -0.25) is 14.6 Å². The number of amides is 1. The van der Waals surface area contributed by atoms with Crippen LogP contribution in [-0.2, 0) is 11.8 Å². The number of aryl methyl sites for hydroxylation is 2. The van der Waals surface area contributed by atoms with E-state index in [0.717, 1.165) is 5.56 Å². The van der Waals surface area contributed by atoms with Gasteiger partial charge in [0.2, 0.25) is 5.91 Å². The van der Waals surface area contributed by atoms with Crippen molar-refractivity contribution in [1.82, 2.24) is 14.5 Å². The Labute approximate surface area is 180 Å². The molecule has 0 saturated heterocycles. The lowest BCUT2D eigenvalue weighted by molar-refractivity contribution is -0.117. The number of carbonyl (C=O) groups excluding carboxylic acids is 1. The summed E-state index contributed by atoms with van der Waals surface area (Å²) in [7, 11) is 1.62. The van der Waals surface area contributed by atoms with E-state index in [1.807, 2.05) is 6.92 Å². The number of rotatable bonds is 6. The van der Waals surface area contributed by atoms with Crippen molar-refractivity contribution in [2.24, 2.45) is 13.0 Å². The molecule has 0 aliphatic heterocycles. The number of fused-ring (bicyclic) bond motifs is 1. The second-order valence-electron chi connectivity index (χ2n) is 7.98. The van der Waals surface area contributed by atoms with Gasteiger partial charge in [0.25, 0.3) is 5.56 Å². The molecule has 4 rings (SSSR count). The highest BCUT2D eigenvalue weighted by atomic mass is 19.1. The topological polar surface area (TPSA) is 97.1 Å². The van der Waals surface area contributed by atoms with E-state index >= 15 is 0 Å². The number of anilines is 1. The zero-order valence-corrected chi connectivity index (χ0v) is 17.6. The van der Waals surface area contributed by atoms with Crippen molar-refractivity contribution in [2.75, 3.05) is 5.32 Å². The summed E-state index contributed by atoms with van der Waals surface area (Å²) < 4.78 is 22.7. The SMILES string of the molecule is [2H][C@@](O)(CCC)c1cc(C)c(-c2cc3cnc(NC(=O)[C@H]4C[C@H]4F)cc3n(C)c2=O)cn1. The monoisotopic (exact) mass is 425 g/mol. The highest BCUT2D eigenvalue weighted by Crippen LogP contribution is 2.34. The molecule has 1 aliphatic rings. The first kappa shape index (κ1) is 19.8. The predicted molar refractivity (Wildman–Crippen MR) is 116 cm³/mol. The molecule has 31 heavy (non-hydrogen) atoms. The Morgan fingerprint density at radius 2 is 2.10 bits per heavy atom. The second-order valence-corrected chi connectivity index (χ2v) is 7.98. The van der Waals surface area contributed by atoms with E-state index in [4.69, 9.17) is 1.37 Å². The molecule has 3 heterocycles. The summed E-state index contributed by atoms with van der Waals surface area (Å²) in [4.78, 5) is 33.6. The maximum Gasteiger partial charge on any atom is 0.258 e. The van der Waals surface area contributed by atoms with Crippen LogP contribution >= 0.6 is 0 Å². The largest absolute Gasteiger partial charge is 0.387 e. The standard InChI is InChI=1S/C23H25FN4O3/c1-4-5-20(29)18-6-12(2)16(11-25-18)14-7-13-10-26-21(9-19(13)28(3)23(14)31)27-22(30)15-8-17(15)24/h6-7,9-11,15,17,20,29H,4-5,8H2,1-3H3,(H,26,27,30)/t15-,17+,20+/m0/s1/i20D. The number of hydrogen-bond acceptors (Lipinski definition) is 5. The smallest absolute Gasteiger partial charge is 0.258 e. The first-order valence-electron chi connectivity index (χ1n) is 10.8. The minimum atomic E-state index is -1.78. The van der Waals surface area contributed by atoms with Gasteiger partial charge in [0.05, 0.1) is 24.6 Å². The van der Waals surface area contributed by atoms with Gasteiger partial charge in [-0.15, -0.1) is 0 Å². The van der Waals surface area contributed by atoms with Crippen LogP contribution < -0.4 is 10.9 Å². The van der Waals surface area contributed by atoms with Crippen LogP contribution in [0.25, 0.3) is 22.0 Å². The van der Waals surface area contributed by atoms with Gasteiger partial charge in [0, 0.05) is 42.0 Å². The third kappa shape index (κ3) is 4.07. The van der Waals surface area contributed by atoms with Crippen LogP contribution in [0.3, 0.4) is 0 Å². The number of aromatic nitrogens is 3. The van der Waals surface area contributed by atoms with Gasteiger partial charge in [0.1, 0.15) is 12.0 Å². The maximum atomic E-state index is 13.1. The summed E-state index contributed by atoms with van der Waals surface area (Å²) in [6, 6.07) is 4.93. The number of halogens is 1. The van der Waals surface area contributed by atoms with Crippen LogP contribution in [0.15, 0.2) is 35.4 Å². The van der Waals surface area contributed by atoms with Crippen LogP contribution in [0.4, 0.5) is 10.2 Å². The van der Waals surface area contributed by atoms with Crippen molar-refractivity contribution in [3.63, 3.8) is 0 Å². The number of carbonyl (C=O) groups is 1. The van der Waals surface area contributed by atoms with E-state index in [2.05, 4.69) is 15.3 Å². The second kappa shape index (κ2) is 8.19. The Kier molecular flexibility index (Phi) is 5.23. The Bertz CT molecular complexity index is 1270. The molecule has 7 nitrogen and oxygen atoms in total. The lowest BCUT2D eigenvalue weighted by Gasteiger charge is -2.14. The molecule has 1 amide bonds. The van der Waals surface area contributed by atoms with Gasteiger partial charge in [-0.1, -0.05) is 13.3 Å². The summed E-state index contributed by atoms with van der Waals surface area (Å²) in [6.45, 7) is 3.69. The Balaban J connectivity index is 1.71. The molecular weight excluding hydrogens is 399 g/mol. The third-order valence-corrected chi connectivity index (χ3v) is 5.59. The maximum absolute atomic E-state index is 13.1. The molecule has 1 saturated carbocycles. The fourth-order valence-electron chi connectivity index (χ4n) is 3.64. The van der Waals surface area contributed by atoms with E-state index in [1.165, 1.54) is 10.8 Å². The Morgan fingerprint density at radius 3 is 2.74 bits per heavy atom. The molecule has 0 radical (unpaired) electrons. The molecule has 0 unspecified atom stereocenters. The number of pyridine rings is 3. The molecule has 3 atom stereocenters. The summed E-state index contributed by atoms with van der Waals surface area (Å²) in [5, 5.41) is 13.6. The first-order chi connectivity index (χ1) is 15.1. The molecule has 0 aromatic carbocycles. The number of hydrogen-bond donors (Lipinski definition) is 2. The van der Waals surface area contributed by atoms with Crippen molar-refractivity contribution in [1.29, 1.82) is 0 Å². The zero-order chi connectivity index (χ0) is 23.2. The van der Waals surface area contributed by atoms with Crippen molar-refractivity contribution in [2.45, 2.75) is 45.4 Å². The van der Waals surface area contributed by atoms with Crippen molar-refractivity contribution in [3.8, 4) is 11.1 Å². The molecule has 1 fully saturated rings. The van der Waals surface area contributed by atoms with Crippen LogP contribution in [0.2, 0.25) is 0 Å². The van der Waals surface area contributed by atoms with E-state index < -0.39 is 24.1 Å². The van der Waals surface area contributed by atoms with E-state index in [-0.39, 0.29) is 29.9 Å². The lowest BCUT2D eigenvalue weighted by atomic mass is 10.0. The Morgan fingerprint density at radius 1 is 1.35 bits per heavy atom. The molecule has 3 aromatic rings. The molecule has 1 aliphatic carbocycles. The third-order valence-electron chi connectivity index (χ3n) is 5.59. The normalized spacial score (nSPS) is 20.2. The van der Waals surface area contributed by atoms with Crippen molar-refractivity contribution < 1.29 is 15.7 Å². The lowest BCUT2D eigenvalue weighted by Crippen LogP contribution is -2.20. The summed E-state index contributed by atoms with van der Waals surface area (Å²) in [6.07, 6.45) is 1.30. The van der Waals surface area contributed by atoms with Crippen LogP contribution in [0, 0.1) is 12.8 Å². The quantitative estimate of drug-likeness (QED) is 0.631. The van der Waals surface area contributed by atoms with E-state index in [1.54, 1.807) is 38.4 Å². The van der Waals surface area contributed by atoms with Gasteiger partial charge in [0.15, 0.2) is 0 Å². The molecular formula is C23H25FN4O3. The van der Waals surface area contributed by atoms with Crippen molar-refractivity contribution >= 4 is 22.6 Å². The average Bonchev–Trinajstić information content (AvgIpc) is 3.48. The molecule has 8 heteroatoms. The zero-order valence-electron chi connectivity index (χ0n) is 18.6. The molecule has 0 spiro atoms. The van der Waals surface area contributed by atoms with Gasteiger partial charge in [-0.05, 0) is 37.5 Å². The number of nitrogens with zero attached hydrogens (tertiary/aromatic N) is 3.